The number of hydrogen-bond acceptors (Lipinski definition) is 2. The maximum absolute atomic E-state index is 13.1. The molecule has 0 saturated carbocycles. The van der Waals surface area contributed by atoms with Gasteiger partial charge in [-0.1, -0.05) is 34.8 Å². The van der Waals surface area contributed by atoms with E-state index in [-0.39, 0.29) is 5.02 Å². The number of hydrogen-bond donors (Lipinski definition) is 1. The Balaban J connectivity index is 1.74. The summed E-state index contributed by atoms with van der Waals surface area (Å²) in [5.41, 5.74) is 1.44. The zero-order chi connectivity index (χ0) is 16.4. The summed E-state index contributed by atoms with van der Waals surface area (Å²) < 4.78 is 18.9. The van der Waals surface area contributed by atoms with Crippen molar-refractivity contribution in [1.82, 2.24) is 0 Å². The lowest BCUT2D eigenvalue weighted by Gasteiger charge is -2.05. The number of benzene rings is 2. The minimum absolute atomic E-state index is 0.0702. The van der Waals surface area contributed by atoms with Gasteiger partial charge in [-0.05, 0) is 48.5 Å². The standard InChI is InChI=1S/C17H11Cl3FNO/c18-10-1-4-14(19)13(7-10)17-6-3-12(23-17)9-22-11-2-5-16(21)15(20)8-11/h1-8,22H,9H2. The molecular weight excluding hydrogens is 360 g/mol. The van der Waals surface area contributed by atoms with Crippen LogP contribution >= 0.6 is 34.8 Å². The van der Waals surface area contributed by atoms with Crippen LogP contribution in [0.3, 0.4) is 0 Å². The monoisotopic (exact) mass is 369 g/mol. The summed E-state index contributed by atoms with van der Waals surface area (Å²) >= 11 is 17.9. The number of furan rings is 1. The first-order valence-corrected chi connectivity index (χ1v) is 7.89. The molecule has 0 amide bonds. The van der Waals surface area contributed by atoms with Gasteiger partial charge in [0.15, 0.2) is 0 Å². The van der Waals surface area contributed by atoms with Gasteiger partial charge in [0, 0.05) is 16.3 Å². The third-order valence-electron chi connectivity index (χ3n) is 3.24. The Morgan fingerprint density at radius 2 is 1.74 bits per heavy atom. The van der Waals surface area contributed by atoms with Crippen LogP contribution in [0.5, 0.6) is 0 Å². The molecule has 1 N–H and O–H groups in total. The minimum atomic E-state index is -0.451. The largest absolute Gasteiger partial charge is 0.459 e. The minimum Gasteiger partial charge on any atom is -0.459 e. The van der Waals surface area contributed by atoms with E-state index in [1.165, 1.54) is 12.1 Å². The normalized spacial score (nSPS) is 10.8. The number of rotatable bonds is 4. The van der Waals surface area contributed by atoms with Crippen molar-refractivity contribution in [1.29, 1.82) is 0 Å². The maximum atomic E-state index is 13.1. The lowest BCUT2D eigenvalue weighted by Crippen LogP contribution is -1.98. The second-order valence-corrected chi connectivity index (χ2v) is 6.12. The van der Waals surface area contributed by atoms with E-state index >= 15 is 0 Å². The average molecular weight is 371 g/mol. The van der Waals surface area contributed by atoms with E-state index < -0.39 is 5.82 Å². The molecule has 118 valence electrons. The van der Waals surface area contributed by atoms with E-state index in [2.05, 4.69) is 5.32 Å². The molecule has 0 aliphatic rings. The molecule has 0 radical (unpaired) electrons. The van der Waals surface area contributed by atoms with Crippen molar-refractivity contribution in [2.24, 2.45) is 0 Å². The second-order valence-electron chi connectivity index (χ2n) is 4.87. The summed E-state index contributed by atoms with van der Waals surface area (Å²) in [5.74, 6) is 0.885. The SMILES string of the molecule is Fc1ccc(NCc2ccc(-c3cc(Cl)ccc3Cl)o2)cc1Cl. The van der Waals surface area contributed by atoms with Crippen molar-refractivity contribution < 1.29 is 8.81 Å². The van der Waals surface area contributed by atoms with Crippen molar-refractivity contribution in [3.8, 4) is 11.3 Å². The molecule has 0 spiro atoms. The summed E-state index contributed by atoms with van der Waals surface area (Å²) in [6.45, 7) is 0.431. The van der Waals surface area contributed by atoms with E-state index in [1.807, 2.05) is 12.1 Å². The summed E-state index contributed by atoms with van der Waals surface area (Å²) in [5, 5.41) is 4.33. The maximum Gasteiger partial charge on any atom is 0.141 e. The van der Waals surface area contributed by atoms with Crippen molar-refractivity contribution in [3.63, 3.8) is 0 Å². The third-order valence-corrected chi connectivity index (χ3v) is 4.10. The molecule has 1 heterocycles. The molecule has 0 atom stereocenters. The van der Waals surface area contributed by atoms with Crippen molar-refractivity contribution in [3.05, 3.63) is 75.2 Å². The molecule has 3 aromatic rings. The predicted molar refractivity (Wildman–Crippen MR) is 92.9 cm³/mol. The van der Waals surface area contributed by atoms with E-state index in [0.29, 0.717) is 33.8 Å². The second kappa shape index (κ2) is 6.83. The average Bonchev–Trinajstić information content (AvgIpc) is 2.99. The van der Waals surface area contributed by atoms with Crippen LogP contribution in [0.25, 0.3) is 11.3 Å². The molecule has 0 aliphatic heterocycles. The molecule has 2 aromatic carbocycles. The fourth-order valence-electron chi connectivity index (χ4n) is 2.10. The Labute approximate surface area is 147 Å². The van der Waals surface area contributed by atoms with Crippen molar-refractivity contribution in [2.75, 3.05) is 5.32 Å². The quantitative estimate of drug-likeness (QED) is 0.555. The molecule has 23 heavy (non-hydrogen) atoms. The Kier molecular flexibility index (Phi) is 4.81. The van der Waals surface area contributed by atoms with Crippen LogP contribution in [0.15, 0.2) is 52.9 Å². The van der Waals surface area contributed by atoms with Gasteiger partial charge in [0.25, 0.3) is 0 Å². The molecule has 0 bridgehead atoms. The Morgan fingerprint density at radius 1 is 0.913 bits per heavy atom. The van der Waals surface area contributed by atoms with Crippen LogP contribution in [0.1, 0.15) is 5.76 Å². The zero-order valence-electron chi connectivity index (χ0n) is 11.7. The molecule has 6 heteroatoms. The van der Waals surface area contributed by atoms with E-state index in [9.17, 15) is 4.39 Å². The van der Waals surface area contributed by atoms with Crippen LogP contribution in [-0.2, 0) is 6.54 Å². The van der Waals surface area contributed by atoms with Crippen LogP contribution in [0, 0.1) is 5.82 Å². The Morgan fingerprint density at radius 3 is 2.52 bits per heavy atom. The van der Waals surface area contributed by atoms with Crippen LogP contribution in [-0.4, -0.2) is 0 Å². The van der Waals surface area contributed by atoms with Gasteiger partial charge in [-0.3, -0.25) is 0 Å². The summed E-state index contributed by atoms with van der Waals surface area (Å²) in [6, 6.07) is 13.3. The van der Waals surface area contributed by atoms with Crippen LogP contribution < -0.4 is 5.32 Å². The van der Waals surface area contributed by atoms with Crippen molar-refractivity contribution in [2.45, 2.75) is 6.54 Å². The van der Waals surface area contributed by atoms with Crippen LogP contribution in [0.4, 0.5) is 10.1 Å². The van der Waals surface area contributed by atoms with E-state index in [1.54, 1.807) is 24.3 Å². The fraction of sp³-hybridized carbons (Fsp3) is 0.0588. The number of anilines is 1. The molecular formula is C17H11Cl3FNO. The molecule has 0 aliphatic carbocycles. The molecule has 0 unspecified atom stereocenters. The van der Waals surface area contributed by atoms with Gasteiger partial charge in [-0.2, -0.15) is 0 Å². The molecule has 3 rings (SSSR count). The first-order valence-electron chi connectivity index (χ1n) is 6.76. The topological polar surface area (TPSA) is 25.2 Å². The molecule has 2 nitrogen and oxygen atoms in total. The molecule has 1 aromatic heterocycles. The predicted octanol–water partition coefficient (Wildman–Crippen LogP) is 6.66. The molecule has 0 saturated heterocycles. The summed E-state index contributed by atoms with van der Waals surface area (Å²) in [7, 11) is 0. The summed E-state index contributed by atoms with van der Waals surface area (Å²) in [6.07, 6.45) is 0. The highest BCUT2D eigenvalue weighted by Crippen LogP contribution is 2.32. The zero-order valence-corrected chi connectivity index (χ0v) is 14.0. The van der Waals surface area contributed by atoms with Gasteiger partial charge in [0.1, 0.15) is 17.3 Å². The number of nitrogens with one attached hydrogen (secondary N) is 1. The van der Waals surface area contributed by atoms with Gasteiger partial charge < -0.3 is 9.73 Å². The fourth-order valence-corrected chi connectivity index (χ4v) is 2.66. The van der Waals surface area contributed by atoms with E-state index in [0.717, 1.165) is 5.56 Å². The highest BCUT2D eigenvalue weighted by atomic mass is 35.5. The van der Waals surface area contributed by atoms with Gasteiger partial charge in [-0.25, -0.2) is 4.39 Å². The number of halogens is 4. The highest BCUT2D eigenvalue weighted by Gasteiger charge is 2.10. The van der Waals surface area contributed by atoms with Crippen molar-refractivity contribution >= 4 is 40.5 Å². The Hall–Kier alpha value is -1.68. The van der Waals surface area contributed by atoms with Gasteiger partial charge in [-0.15, -0.1) is 0 Å². The van der Waals surface area contributed by atoms with Gasteiger partial charge >= 0.3 is 0 Å². The highest BCUT2D eigenvalue weighted by molar-refractivity contribution is 6.35. The van der Waals surface area contributed by atoms with E-state index in [4.69, 9.17) is 39.2 Å². The first kappa shape index (κ1) is 16.2. The lowest BCUT2D eigenvalue weighted by molar-refractivity contribution is 0.531. The Bertz CT molecular complexity index is 848. The lowest BCUT2D eigenvalue weighted by atomic mass is 10.2. The first-order chi connectivity index (χ1) is 11.0. The summed E-state index contributed by atoms with van der Waals surface area (Å²) in [4.78, 5) is 0. The van der Waals surface area contributed by atoms with Gasteiger partial charge in [0.05, 0.1) is 16.6 Å². The third kappa shape index (κ3) is 3.81. The smallest absolute Gasteiger partial charge is 0.141 e. The van der Waals surface area contributed by atoms with Crippen LogP contribution in [0.2, 0.25) is 15.1 Å². The molecule has 0 fully saturated rings. The van der Waals surface area contributed by atoms with Gasteiger partial charge in [0.2, 0.25) is 0 Å².